The lowest BCUT2D eigenvalue weighted by molar-refractivity contribution is -0.159. The van der Waals surface area contributed by atoms with E-state index in [1.54, 1.807) is 17.2 Å². The summed E-state index contributed by atoms with van der Waals surface area (Å²) < 4.78 is 17.9. The van der Waals surface area contributed by atoms with Crippen LogP contribution in [0.3, 0.4) is 0 Å². The maximum atomic E-state index is 12.6. The molecule has 1 aliphatic heterocycles. The maximum Gasteiger partial charge on any atom is 0.410 e. The summed E-state index contributed by atoms with van der Waals surface area (Å²) in [6, 6.07) is 5.39. The summed E-state index contributed by atoms with van der Waals surface area (Å²) in [5, 5.41) is 1.07. The standard InChI is InChI=1S/C21H28ClN3O4/c1-13(27-18-14-8-7-9-23-15(14)10-17(22)24-18)16-11-25(12-21(5,6)28-16)19(26)29-20(2,3)4/h7-10,13,16H,11-12H2,1-6H3/t13-,16-/m0/s1. The van der Waals surface area contributed by atoms with Gasteiger partial charge >= 0.3 is 6.09 Å². The zero-order chi connectivity index (χ0) is 21.4. The first kappa shape index (κ1) is 21.6. The molecule has 8 heteroatoms. The third-order valence-electron chi connectivity index (χ3n) is 4.45. The minimum absolute atomic E-state index is 0.304. The van der Waals surface area contributed by atoms with Crippen LogP contribution in [0.15, 0.2) is 24.4 Å². The first-order chi connectivity index (χ1) is 13.4. The summed E-state index contributed by atoms with van der Waals surface area (Å²) in [6.45, 7) is 12.1. The largest absolute Gasteiger partial charge is 0.471 e. The van der Waals surface area contributed by atoms with Crippen LogP contribution in [0.2, 0.25) is 5.15 Å². The van der Waals surface area contributed by atoms with Crippen molar-refractivity contribution in [3.8, 4) is 5.88 Å². The second kappa shape index (κ2) is 7.95. The van der Waals surface area contributed by atoms with E-state index in [-0.39, 0.29) is 18.3 Å². The van der Waals surface area contributed by atoms with E-state index in [2.05, 4.69) is 9.97 Å². The molecular formula is C21H28ClN3O4. The fourth-order valence-electron chi connectivity index (χ4n) is 3.29. The fourth-order valence-corrected chi connectivity index (χ4v) is 3.47. The summed E-state index contributed by atoms with van der Waals surface area (Å²) >= 11 is 6.13. The van der Waals surface area contributed by atoms with Gasteiger partial charge in [-0.2, -0.15) is 0 Å². The van der Waals surface area contributed by atoms with Crippen LogP contribution >= 0.6 is 11.6 Å². The number of pyridine rings is 2. The second-order valence-corrected chi connectivity index (χ2v) is 9.31. The SMILES string of the molecule is C[C@H](Oc1nc(Cl)cc2ncccc12)[C@@H]1CN(C(=O)OC(C)(C)C)CC(C)(C)O1. The third-order valence-corrected chi connectivity index (χ3v) is 4.64. The van der Waals surface area contributed by atoms with Gasteiger partial charge in [0.15, 0.2) is 0 Å². The Bertz CT molecular complexity index is 897. The van der Waals surface area contributed by atoms with Gasteiger partial charge in [0, 0.05) is 12.3 Å². The van der Waals surface area contributed by atoms with Crippen molar-refractivity contribution in [3.63, 3.8) is 0 Å². The van der Waals surface area contributed by atoms with Crippen molar-refractivity contribution in [2.24, 2.45) is 0 Å². The third kappa shape index (κ3) is 5.48. The van der Waals surface area contributed by atoms with Crippen molar-refractivity contribution in [2.75, 3.05) is 13.1 Å². The van der Waals surface area contributed by atoms with Gasteiger partial charge in [-0.1, -0.05) is 11.6 Å². The molecule has 0 spiro atoms. The van der Waals surface area contributed by atoms with E-state index < -0.39 is 11.2 Å². The van der Waals surface area contributed by atoms with Crippen molar-refractivity contribution in [3.05, 3.63) is 29.5 Å². The van der Waals surface area contributed by atoms with Crippen LogP contribution < -0.4 is 4.74 Å². The predicted molar refractivity (Wildman–Crippen MR) is 111 cm³/mol. The monoisotopic (exact) mass is 421 g/mol. The van der Waals surface area contributed by atoms with Gasteiger partial charge < -0.3 is 19.1 Å². The van der Waals surface area contributed by atoms with Crippen molar-refractivity contribution in [2.45, 2.75) is 65.0 Å². The van der Waals surface area contributed by atoms with Crippen LogP contribution in [-0.2, 0) is 9.47 Å². The van der Waals surface area contributed by atoms with Gasteiger partial charge in [-0.15, -0.1) is 0 Å². The molecule has 3 heterocycles. The topological polar surface area (TPSA) is 73.8 Å². The van der Waals surface area contributed by atoms with Gasteiger partial charge in [-0.3, -0.25) is 4.98 Å². The molecule has 3 rings (SSSR count). The molecule has 0 saturated carbocycles. The summed E-state index contributed by atoms with van der Waals surface area (Å²) in [5.74, 6) is 0.392. The van der Waals surface area contributed by atoms with Gasteiger partial charge in [0.1, 0.15) is 23.0 Å². The Morgan fingerprint density at radius 1 is 1.41 bits per heavy atom. The van der Waals surface area contributed by atoms with E-state index in [0.29, 0.717) is 29.6 Å². The lowest BCUT2D eigenvalue weighted by Gasteiger charge is -2.44. The molecule has 2 atom stereocenters. The molecule has 158 valence electrons. The first-order valence-electron chi connectivity index (χ1n) is 9.67. The molecule has 1 aliphatic rings. The quantitative estimate of drug-likeness (QED) is 0.681. The van der Waals surface area contributed by atoms with Crippen LogP contribution in [0.1, 0.15) is 41.5 Å². The molecule has 29 heavy (non-hydrogen) atoms. The van der Waals surface area contributed by atoms with Gasteiger partial charge in [0.25, 0.3) is 0 Å². The number of ether oxygens (including phenoxy) is 3. The molecule has 1 fully saturated rings. The van der Waals surface area contributed by atoms with Crippen molar-refractivity contribution >= 4 is 28.6 Å². The predicted octanol–water partition coefficient (Wildman–Crippen LogP) is 4.47. The zero-order valence-electron chi connectivity index (χ0n) is 17.7. The lowest BCUT2D eigenvalue weighted by Crippen LogP contribution is -2.58. The maximum absolute atomic E-state index is 12.6. The molecule has 7 nitrogen and oxygen atoms in total. The number of nitrogens with zero attached hydrogens (tertiary/aromatic N) is 3. The smallest absolute Gasteiger partial charge is 0.410 e. The molecule has 0 aliphatic carbocycles. The number of amides is 1. The van der Waals surface area contributed by atoms with Gasteiger partial charge in [-0.25, -0.2) is 9.78 Å². The van der Waals surface area contributed by atoms with Crippen molar-refractivity contribution < 1.29 is 19.0 Å². The minimum Gasteiger partial charge on any atom is -0.471 e. The number of fused-ring (bicyclic) bond motifs is 1. The zero-order valence-corrected chi connectivity index (χ0v) is 18.5. The fraction of sp³-hybridized carbons (Fsp3) is 0.571. The van der Waals surface area contributed by atoms with E-state index in [9.17, 15) is 4.79 Å². The average Bonchev–Trinajstić information content (AvgIpc) is 2.58. The number of morpholine rings is 1. The van der Waals surface area contributed by atoms with Crippen LogP contribution in [-0.4, -0.2) is 57.5 Å². The van der Waals surface area contributed by atoms with Crippen LogP contribution in [0, 0.1) is 0 Å². The summed E-state index contributed by atoms with van der Waals surface area (Å²) in [4.78, 5) is 22.9. The van der Waals surface area contributed by atoms with Gasteiger partial charge in [-0.05, 0) is 53.7 Å². The van der Waals surface area contributed by atoms with Gasteiger partial charge in [0.05, 0.1) is 29.6 Å². The van der Waals surface area contributed by atoms with Crippen LogP contribution in [0.5, 0.6) is 5.88 Å². The summed E-state index contributed by atoms with van der Waals surface area (Å²) in [6.07, 6.45) is 0.589. The molecule has 0 N–H and O–H groups in total. The lowest BCUT2D eigenvalue weighted by atomic mass is 10.0. The number of halogens is 1. The average molecular weight is 422 g/mol. The van der Waals surface area contributed by atoms with E-state index in [0.717, 1.165) is 5.39 Å². The number of hydrogen-bond acceptors (Lipinski definition) is 6. The Balaban J connectivity index is 1.79. The van der Waals surface area contributed by atoms with Crippen molar-refractivity contribution in [1.29, 1.82) is 0 Å². The highest BCUT2D eigenvalue weighted by molar-refractivity contribution is 6.30. The molecule has 0 radical (unpaired) electrons. The van der Waals surface area contributed by atoms with E-state index in [4.69, 9.17) is 25.8 Å². The van der Waals surface area contributed by atoms with E-state index in [1.165, 1.54) is 0 Å². The summed E-state index contributed by atoms with van der Waals surface area (Å²) in [5.41, 5.74) is -0.397. The number of hydrogen-bond donors (Lipinski definition) is 0. The molecule has 2 aromatic rings. The van der Waals surface area contributed by atoms with E-state index >= 15 is 0 Å². The molecule has 1 amide bonds. The molecule has 0 aromatic carbocycles. The molecule has 0 bridgehead atoms. The minimum atomic E-state index is -0.562. The number of carbonyl (C=O) groups is 1. The molecular weight excluding hydrogens is 394 g/mol. The Hall–Kier alpha value is -2.12. The van der Waals surface area contributed by atoms with Crippen LogP contribution in [0.25, 0.3) is 10.9 Å². The molecule has 0 unspecified atom stereocenters. The summed E-state index contributed by atoms with van der Waals surface area (Å²) in [7, 11) is 0. The molecule has 1 saturated heterocycles. The Morgan fingerprint density at radius 2 is 2.14 bits per heavy atom. The Morgan fingerprint density at radius 3 is 2.83 bits per heavy atom. The highest BCUT2D eigenvalue weighted by Gasteiger charge is 2.40. The first-order valence-corrected chi connectivity index (χ1v) is 10.0. The van der Waals surface area contributed by atoms with Gasteiger partial charge in [0.2, 0.25) is 5.88 Å². The highest BCUT2D eigenvalue weighted by Crippen LogP contribution is 2.29. The Labute approximate surface area is 176 Å². The van der Waals surface area contributed by atoms with Crippen LogP contribution in [0.4, 0.5) is 4.79 Å². The second-order valence-electron chi connectivity index (χ2n) is 8.92. The number of carbonyl (C=O) groups excluding carboxylic acids is 1. The number of aromatic nitrogens is 2. The van der Waals surface area contributed by atoms with E-state index in [1.807, 2.05) is 53.7 Å². The highest BCUT2D eigenvalue weighted by atomic mass is 35.5. The Kier molecular flexibility index (Phi) is 5.92. The van der Waals surface area contributed by atoms with Crippen molar-refractivity contribution in [1.82, 2.24) is 14.9 Å². The normalized spacial score (nSPS) is 20.4. The molecule has 2 aromatic heterocycles. The number of rotatable bonds is 3.